The number of hydrogen-bond acceptors (Lipinski definition) is 1. The lowest BCUT2D eigenvalue weighted by atomic mass is 10.1. The van der Waals surface area contributed by atoms with Gasteiger partial charge in [-0.05, 0) is 37.8 Å². The molecular formula is C21H27NO. The molecule has 0 saturated carbocycles. The summed E-state index contributed by atoms with van der Waals surface area (Å²) in [5.74, 6) is 0.240. The van der Waals surface area contributed by atoms with Gasteiger partial charge in [-0.2, -0.15) is 0 Å². The van der Waals surface area contributed by atoms with E-state index in [2.05, 4.69) is 57.2 Å². The van der Waals surface area contributed by atoms with Crippen LogP contribution < -0.4 is 0 Å². The zero-order valence-electron chi connectivity index (χ0n) is 14.5. The molecule has 0 radical (unpaired) electrons. The summed E-state index contributed by atoms with van der Waals surface area (Å²) in [5.41, 5.74) is 3.68. The Morgan fingerprint density at radius 2 is 1.65 bits per heavy atom. The predicted octanol–water partition coefficient (Wildman–Crippen LogP) is 4.75. The third-order valence-corrected chi connectivity index (χ3v) is 4.39. The van der Waals surface area contributed by atoms with E-state index in [0.29, 0.717) is 13.0 Å². The summed E-state index contributed by atoms with van der Waals surface area (Å²) in [6, 6.07) is 19.0. The van der Waals surface area contributed by atoms with Crippen LogP contribution in [0.3, 0.4) is 0 Å². The van der Waals surface area contributed by atoms with Gasteiger partial charge in [0.1, 0.15) is 0 Å². The molecule has 0 aliphatic rings. The van der Waals surface area contributed by atoms with E-state index in [1.807, 2.05) is 23.1 Å². The van der Waals surface area contributed by atoms with E-state index in [-0.39, 0.29) is 11.9 Å². The summed E-state index contributed by atoms with van der Waals surface area (Å²) >= 11 is 0. The van der Waals surface area contributed by atoms with E-state index in [4.69, 9.17) is 0 Å². The largest absolute Gasteiger partial charge is 0.336 e. The molecule has 2 heteroatoms. The number of amides is 1. The van der Waals surface area contributed by atoms with E-state index >= 15 is 0 Å². The van der Waals surface area contributed by atoms with E-state index in [0.717, 1.165) is 12.8 Å². The van der Waals surface area contributed by atoms with Crippen molar-refractivity contribution >= 4 is 5.91 Å². The fourth-order valence-electron chi connectivity index (χ4n) is 2.64. The van der Waals surface area contributed by atoms with Gasteiger partial charge in [-0.25, -0.2) is 0 Å². The van der Waals surface area contributed by atoms with Crippen LogP contribution in [0.4, 0.5) is 0 Å². The maximum Gasteiger partial charge on any atom is 0.223 e. The average Bonchev–Trinajstić information content (AvgIpc) is 2.59. The number of carbonyl (C=O) groups is 1. The Balaban J connectivity index is 2.00. The quantitative estimate of drug-likeness (QED) is 0.722. The summed E-state index contributed by atoms with van der Waals surface area (Å²) in [5, 5.41) is 0. The highest BCUT2D eigenvalue weighted by atomic mass is 16.2. The third-order valence-electron chi connectivity index (χ3n) is 4.39. The molecular weight excluding hydrogens is 282 g/mol. The van der Waals surface area contributed by atoms with Crippen LogP contribution in [0.2, 0.25) is 0 Å². The van der Waals surface area contributed by atoms with Gasteiger partial charge in [-0.15, -0.1) is 0 Å². The van der Waals surface area contributed by atoms with Crippen molar-refractivity contribution in [2.45, 2.75) is 52.6 Å². The standard InChI is InChI=1S/C21H27NO/c1-4-18(3)22(16-20-8-6-5-7-9-20)21(23)15-14-19-12-10-17(2)11-13-19/h5-13,18H,4,14-16H2,1-3H3. The molecule has 0 fully saturated rings. The first kappa shape index (κ1) is 17.3. The van der Waals surface area contributed by atoms with Crippen LogP contribution in [-0.4, -0.2) is 16.8 Å². The number of aryl methyl sites for hydroxylation is 2. The van der Waals surface area contributed by atoms with E-state index in [1.54, 1.807) is 0 Å². The maximum atomic E-state index is 12.7. The molecule has 1 unspecified atom stereocenters. The molecule has 2 nitrogen and oxygen atoms in total. The minimum Gasteiger partial charge on any atom is -0.336 e. The second-order valence-electron chi connectivity index (χ2n) is 6.25. The molecule has 23 heavy (non-hydrogen) atoms. The van der Waals surface area contributed by atoms with Crippen LogP contribution in [0.25, 0.3) is 0 Å². The Kier molecular flexibility index (Phi) is 6.40. The van der Waals surface area contributed by atoms with Crippen LogP contribution in [0.5, 0.6) is 0 Å². The molecule has 0 heterocycles. The van der Waals surface area contributed by atoms with Crippen LogP contribution in [0.15, 0.2) is 54.6 Å². The van der Waals surface area contributed by atoms with Gasteiger partial charge >= 0.3 is 0 Å². The van der Waals surface area contributed by atoms with Gasteiger partial charge in [0.25, 0.3) is 0 Å². The van der Waals surface area contributed by atoms with Crippen LogP contribution >= 0.6 is 0 Å². The molecule has 1 amide bonds. The lowest BCUT2D eigenvalue weighted by Crippen LogP contribution is -2.37. The van der Waals surface area contributed by atoms with Crippen LogP contribution in [-0.2, 0) is 17.8 Å². The van der Waals surface area contributed by atoms with Crippen molar-refractivity contribution in [3.63, 3.8) is 0 Å². The predicted molar refractivity (Wildman–Crippen MR) is 96.2 cm³/mol. The second-order valence-corrected chi connectivity index (χ2v) is 6.25. The van der Waals surface area contributed by atoms with Crippen LogP contribution in [0, 0.1) is 6.92 Å². The summed E-state index contributed by atoms with van der Waals surface area (Å²) in [7, 11) is 0. The van der Waals surface area contributed by atoms with Crippen molar-refractivity contribution in [3.05, 3.63) is 71.3 Å². The number of nitrogens with zero attached hydrogens (tertiary/aromatic N) is 1. The molecule has 2 aromatic rings. The molecule has 0 aliphatic carbocycles. The molecule has 0 aromatic heterocycles. The first-order chi connectivity index (χ1) is 11.1. The van der Waals surface area contributed by atoms with Gasteiger partial charge in [0, 0.05) is 19.0 Å². The Bertz CT molecular complexity index is 603. The fourth-order valence-corrected chi connectivity index (χ4v) is 2.64. The highest BCUT2D eigenvalue weighted by molar-refractivity contribution is 5.76. The molecule has 0 spiro atoms. The van der Waals surface area contributed by atoms with Gasteiger partial charge in [0.05, 0.1) is 0 Å². The SMILES string of the molecule is CCC(C)N(Cc1ccccc1)C(=O)CCc1ccc(C)cc1. The van der Waals surface area contributed by atoms with Crippen molar-refractivity contribution < 1.29 is 4.79 Å². The van der Waals surface area contributed by atoms with E-state index < -0.39 is 0 Å². The first-order valence-electron chi connectivity index (χ1n) is 8.49. The van der Waals surface area contributed by atoms with Gasteiger partial charge in [-0.1, -0.05) is 67.1 Å². The zero-order chi connectivity index (χ0) is 16.7. The Morgan fingerprint density at radius 3 is 2.26 bits per heavy atom. The zero-order valence-corrected chi connectivity index (χ0v) is 14.5. The molecule has 122 valence electrons. The topological polar surface area (TPSA) is 20.3 Å². The number of benzene rings is 2. The smallest absolute Gasteiger partial charge is 0.223 e. The van der Waals surface area contributed by atoms with Gasteiger partial charge in [0.2, 0.25) is 5.91 Å². The Labute approximate surface area is 140 Å². The average molecular weight is 309 g/mol. The number of rotatable bonds is 7. The third kappa shape index (κ3) is 5.24. The Hall–Kier alpha value is -2.09. The molecule has 0 bridgehead atoms. The van der Waals surface area contributed by atoms with E-state index in [1.165, 1.54) is 16.7 Å². The van der Waals surface area contributed by atoms with Gasteiger partial charge < -0.3 is 4.90 Å². The summed E-state index contributed by atoms with van der Waals surface area (Å²) in [6.45, 7) is 7.05. The highest BCUT2D eigenvalue weighted by Crippen LogP contribution is 2.14. The summed E-state index contributed by atoms with van der Waals surface area (Å²) < 4.78 is 0. The second kappa shape index (κ2) is 8.52. The molecule has 0 aliphatic heterocycles. The number of carbonyl (C=O) groups excluding carboxylic acids is 1. The van der Waals surface area contributed by atoms with Gasteiger partial charge in [0.15, 0.2) is 0 Å². The monoisotopic (exact) mass is 309 g/mol. The molecule has 1 atom stereocenters. The summed E-state index contributed by atoms with van der Waals surface area (Å²) in [4.78, 5) is 14.7. The van der Waals surface area contributed by atoms with Crippen molar-refractivity contribution in [1.29, 1.82) is 0 Å². The molecule has 0 N–H and O–H groups in total. The maximum absolute atomic E-state index is 12.7. The minimum absolute atomic E-state index is 0.240. The van der Waals surface area contributed by atoms with Crippen LogP contribution in [0.1, 0.15) is 43.4 Å². The van der Waals surface area contributed by atoms with E-state index in [9.17, 15) is 4.79 Å². The Morgan fingerprint density at radius 1 is 1.00 bits per heavy atom. The van der Waals surface area contributed by atoms with Crippen molar-refractivity contribution in [2.24, 2.45) is 0 Å². The summed E-state index contributed by atoms with van der Waals surface area (Å²) in [6.07, 6.45) is 2.35. The fraction of sp³-hybridized carbons (Fsp3) is 0.381. The highest BCUT2D eigenvalue weighted by Gasteiger charge is 2.18. The molecule has 2 aromatic carbocycles. The minimum atomic E-state index is 0.240. The van der Waals surface area contributed by atoms with Crippen molar-refractivity contribution in [2.75, 3.05) is 0 Å². The van der Waals surface area contributed by atoms with Gasteiger partial charge in [-0.3, -0.25) is 4.79 Å². The normalized spacial score (nSPS) is 12.0. The molecule has 2 rings (SSSR count). The first-order valence-corrected chi connectivity index (χ1v) is 8.49. The molecule has 0 saturated heterocycles. The lowest BCUT2D eigenvalue weighted by Gasteiger charge is -2.29. The van der Waals surface area contributed by atoms with Crippen molar-refractivity contribution in [3.8, 4) is 0 Å². The van der Waals surface area contributed by atoms with Crippen molar-refractivity contribution in [1.82, 2.24) is 4.90 Å². The number of hydrogen-bond donors (Lipinski definition) is 0. The lowest BCUT2D eigenvalue weighted by molar-refractivity contribution is -0.134.